The molecule has 104 valence electrons. The zero-order valence-corrected chi connectivity index (χ0v) is 10.3. The summed E-state index contributed by atoms with van der Waals surface area (Å²) in [6, 6.07) is 0. The van der Waals surface area contributed by atoms with E-state index < -0.39 is 17.6 Å². The number of likely N-dealkylation sites (N-methyl/N-ethyl adjacent to an activating group) is 1. The van der Waals surface area contributed by atoms with Crippen molar-refractivity contribution in [3.05, 3.63) is 0 Å². The third kappa shape index (κ3) is 2.74. The minimum Gasteiger partial charge on any atom is -0.344 e. The van der Waals surface area contributed by atoms with Gasteiger partial charge in [-0.1, -0.05) is 0 Å². The summed E-state index contributed by atoms with van der Waals surface area (Å²) in [5.41, 5.74) is 2.10. The fourth-order valence-electron chi connectivity index (χ4n) is 1.61. The smallest absolute Gasteiger partial charge is 0.344 e. The predicted molar refractivity (Wildman–Crippen MR) is 57.5 cm³/mol. The molecule has 8 heteroatoms. The average Bonchev–Trinajstić information content (AvgIpc) is 2.39. The van der Waals surface area contributed by atoms with Gasteiger partial charge >= 0.3 is 6.18 Å². The number of halogens is 3. The van der Waals surface area contributed by atoms with E-state index in [1.807, 2.05) is 0 Å². The van der Waals surface area contributed by atoms with Gasteiger partial charge in [0.25, 0.3) is 5.91 Å². The molecule has 0 bridgehead atoms. The highest BCUT2D eigenvalue weighted by Gasteiger charge is 2.55. The Hall–Kier alpha value is -1.31. The molecule has 0 spiro atoms. The molecule has 1 atom stereocenters. The van der Waals surface area contributed by atoms with Gasteiger partial charge in [0.15, 0.2) is 5.54 Å². The van der Waals surface area contributed by atoms with Gasteiger partial charge in [-0.15, -0.1) is 0 Å². The summed E-state index contributed by atoms with van der Waals surface area (Å²) >= 11 is 0. The summed E-state index contributed by atoms with van der Waals surface area (Å²) in [4.78, 5) is 25.6. The van der Waals surface area contributed by atoms with Crippen LogP contribution in [0.2, 0.25) is 0 Å². The fourth-order valence-corrected chi connectivity index (χ4v) is 1.61. The van der Waals surface area contributed by atoms with E-state index in [1.54, 1.807) is 7.05 Å². The molecule has 0 aromatic carbocycles. The molecule has 0 aromatic heterocycles. The van der Waals surface area contributed by atoms with E-state index in [1.165, 1.54) is 4.90 Å². The molecule has 0 saturated carbocycles. The molecule has 2 N–H and O–H groups in total. The Morgan fingerprint density at radius 1 is 1.33 bits per heavy atom. The Morgan fingerprint density at radius 3 is 2.39 bits per heavy atom. The number of amides is 2. The third-order valence-electron chi connectivity index (χ3n) is 2.99. The summed E-state index contributed by atoms with van der Waals surface area (Å²) in [6.07, 6.45) is -4.41. The Bertz CT molecular complexity index is 355. The number of hydrogen-bond acceptors (Lipinski definition) is 3. The van der Waals surface area contributed by atoms with Crippen LogP contribution in [0.3, 0.4) is 0 Å². The summed E-state index contributed by atoms with van der Waals surface area (Å²) in [7, 11) is 1.54. The van der Waals surface area contributed by atoms with Gasteiger partial charge in [0.1, 0.15) is 0 Å². The first-order valence-electron chi connectivity index (χ1n) is 5.46. The van der Waals surface area contributed by atoms with Gasteiger partial charge in [-0.05, 0) is 13.3 Å². The van der Waals surface area contributed by atoms with Crippen LogP contribution in [0.25, 0.3) is 0 Å². The Balaban J connectivity index is 2.87. The van der Waals surface area contributed by atoms with Crippen molar-refractivity contribution in [3.8, 4) is 0 Å². The van der Waals surface area contributed by atoms with Crippen molar-refractivity contribution in [2.24, 2.45) is 5.73 Å². The van der Waals surface area contributed by atoms with E-state index in [-0.39, 0.29) is 19.0 Å². The van der Waals surface area contributed by atoms with E-state index in [0.29, 0.717) is 19.9 Å². The molecule has 1 heterocycles. The molecular weight excluding hydrogens is 251 g/mol. The monoisotopic (exact) mass is 267 g/mol. The van der Waals surface area contributed by atoms with E-state index >= 15 is 0 Å². The third-order valence-corrected chi connectivity index (χ3v) is 2.99. The maximum absolute atomic E-state index is 12.6. The van der Waals surface area contributed by atoms with Gasteiger partial charge in [-0.25, -0.2) is 0 Å². The topological polar surface area (TPSA) is 66.6 Å². The van der Waals surface area contributed by atoms with Gasteiger partial charge in [0, 0.05) is 20.1 Å². The number of nitrogens with two attached hydrogens (primary N) is 1. The number of nitrogens with zero attached hydrogens (tertiary/aromatic N) is 2. The second-order valence-electron chi connectivity index (χ2n) is 4.60. The van der Waals surface area contributed by atoms with Crippen molar-refractivity contribution in [2.75, 3.05) is 26.7 Å². The van der Waals surface area contributed by atoms with Gasteiger partial charge < -0.3 is 15.5 Å². The molecule has 18 heavy (non-hydrogen) atoms. The summed E-state index contributed by atoms with van der Waals surface area (Å²) in [6.45, 7) is 0.764. The first-order chi connectivity index (χ1) is 8.07. The second-order valence-corrected chi connectivity index (χ2v) is 4.60. The highest BCUT2D eigenvalue weighted by atomic mass is 19.4. The van der Waals surface area contributed by atoms with Crippen LogP contribution >= 0.6 is 0 Å². The van der Waals surface area contributed by atoms with Crippen molar-refractivity contribution in [2.45, 2.75) is 25.1 Å². The van der Waals surface area contributed by atoms with Crippen LogP contribution in [0.1, 0.15) is 13.3 Å². The minimum atomic E-state index is -4.84. The van der Waals surface area contributed by atoms with Crippen molar-refractivity contribution < 1.29 is 22.8 Å². The largest absolute Gasteiger partial charge is 0.415 e. The maximum Gasteiger partial charge on any atom is 0.415 e. The molecule has 1 rings (SSSR count). The van der Waals surface area contributed by atoms with E-state index in [2.05, 4.69) is 0 Å². The lowest BCUT2D eigenvalue weighted by Crippen LogP contribution is -2.62. The molecular formula is C10H16F3N3O2. The van der Waals surface area contributed by atoms with Crippen molar-refractivity contribution in [1.29, 1.82) is 0 Å². The van der Waals surface area contributed by atoms with E-state index in [9.17, 15) is 22.8 Å². The highest BCUT2D eigenvalue weighted by molar-refractivity contribution is 5.90. The fraction of sp³-hybridized carbons (Fsp3) is 0.800. The Morgan fingerprint density at radius 2 is 1.89 bits per heavy atom. The van der Waals surface area contributed by atoms with E-state index in [0.717, 1.165) is 4.90 Å². The Kier molecular flexibility index (Phi) is 3.89. The number of rotatable bonds is 1. The van der Waals surface area contributed by atoms with Crippen LogP contribution in [0.4, 0.5) is 13.2 Å². The number of carbonyl (C=O) groups excluding carboxylic acids is 2. The summed E-state index contributed by atoms with van der Waals surface area (Å²) in [5, 5.41) is 0. The highest BCUT2D eigenvalue weighted by Crippen LogP contribution is 2.29. The maximum atomic E-state index is 12.6. The molecule has 2 amide bonds. The minimum absolute atomic E-state index is 0.0950. The quantitative estimate of drug-likeness (QED) is 0.724. The van der Waals surface area contributed by atoms with Crippen LogP contribution in [0.15, 0.2) is 0 Å². The molecule has 0 aliphatic carbocycles. The van der Waals surface area contributed by atoms with Gasteiger partial charge in [-0.3, -0.25) is 9.59 Å². The van der Waals surface area contributed by atoms with Crippen molar-refractivity contribution in [3.63, 3.8) is 0 Å². The molecule has 1 fully saturated rings. The Labute approximate surface area is 103 Å². The molecule has 1 aliphatic rings. The van der Waals surface area contributed by atoms with E-state index in [4.69, 9.17) is 5.73 Å². The zero-order valence-electron chi connectivity index (χ0n) is 10.3. The molecule has 0 aromatic rings. The number of carbonyl (C=O) groups is 2. The lowest BCUT2D eigenvalue weighted by Gasteiger charge is -2.31. The number of alkyl halides is 3. The summed E-state index contributed by atoms with van der Waals surface area (Å²) in [5.74, 6) is -1.66. The number of hydrogen-bond donors (Lipinski definition) is 1. The molecule has 0 radical (unpaired) electrons. The van der Waals surface area contributed by atoms with Crippen LogP contribution in [0, 0.1) is 0 Å². The molecule has 1 aliphatic heterocycles. The average molecular weight is 267 g/mol. The van der Waals surface area contributed by atoms with Crippen LogP contribution in [-0.2, 0) is 9.59 Å². The molecule has 1 unspecified atom stereocenters. The summed E-state index contributed by atoms with van der Waals surface area (Å²) < 4.78 is 37.9. The van der Waals surface area contributed by atoms with Gasteiger partial charge in [-0.2, -0.15) is 13.2 Å². The second kappa shape index (κ2) is 4.75. The predicted octanol–water partition coefficient (Wildman–Crippen LogP) is -0.0432. The lowest BCUT2D eigenvalue weighted by molar-refractivity contribution is -0.194. The molecule has 1 saturated heterocycles. The SMILES string of the molecule is CN1CCCN(C(=O)C(C)(N)C(F)(F)F)CC1=O. The van der Waals surface area contributed by atoms with Crippen LogP contribution in [0.5, 0.6) is 0 Å². The zero-order chi connectivity index (χ0) is 14.1. The first-order valence-corrected chi connectivity index (χ1v) is 5.46. The molecule has 5 nitrogen and oxygen atoms in total. The van der Waals surface area contributed by atoms with Gasteiger partial charge in [0.2, 0.25) is 5.91 Å². The van der Waals surface area contributed by atoms with Gasteiger partial charge in [0.05, 0.1) is 6.54 Å². The standard InChI is InChI=1S/C10H16F3N3O2/c1-9(14,10(11,12)13)8(18)16-5-3-4-15(2)7(17)6-16/h3-6,14H2,1-2H3. The van der Waals surface area contributed by atoms with Crippen LogP contribution < -0.4 is 5.73 Å². The van der Waals surface area contributed by atoms with Crippen LogP contribution in [-0.4, -0.2) is 60.0 Å². The van der Waals surface area contributed by atoms with Crippen molar-refractivity contribution >= 4 is 11.8 Å². The lowest BCUT2D eigenvalue weighted by atomic mass is 10.0. The normalized spacial score (nSPS) is 21.6. The van der Waals surface area contributed by atoms with Crippen molar-refractivity contribution in [1.82, 2.24) is 9.80 Å². The first kappa shape index (κ1) is 14.7.